The van der Waals surface area contributed by atoms with E-state index in [2.05, 4.69) is 215 Å². The Hall–Kier alpha value is -7.46. The zero-order valence-electron chi connectivity index (χ0n) is 31.9. The van der Waals surface area contributed by atoms with Crippen LogP contribution in [-0.4, -0.2) is 9.13 Å². The molecule has 0 fully saturated rings. The van der Waals surface area contributed by atoms with Crippen LogP contribution < -0.4 is 0 Å². The Kier molecular flexibility index (Phi) is 6.92. The Morgan fingerprint density at radius 3 is 1.12 bits per heavy atom. The van der Waals surface area contributed by atoms with Crippen molar-refractivity contribution in [3.8, 4) is 33.6 Å². The molecule has 2 nitrogen and oxygen atoms in total. The second-order valence-electron chi connectivity index (χ2n) is 15.6. The first kappa shape index (κ1) is 32.6. The maximum Gasteiger partial charge on any atom is 0.0555 e. The SMILES string of the molecule is c1ccc2c(-c3ccc(-n4c5ccccc5c5c6sc7c(ccc8c7c7ccccc7n8-c7ccc(-c8cccc9ccccc89)cc7)c6ccc54)cc3)cccc2c1. The lowest BCUT2D eigenvalue weighted by Crippen LogP contribution is -1.93. The van der Waals surface area contributed by atoms with E-state index in [1.807, 2.05) is 11.3 Å². The number of hydrogen-bond donors (Lipinski definition) is 0. The highest BCUT2D eigenvalue weighted by atomic mass is 32.1. The first-order valence-corrected chi connectivity index (χ1v) is 21.1. The van der Waals surface area contributed by atoms with Crippen molar-refractivity contribution >= 4 is 96.7 Å². The van der Waals surface area contributed by atoms with Crippen LogP contribution in [0.2, 0.25) is 0 Å². The van der Waals surface area contributed by atoms with E-state index in [4.69, 9.17) is 0 Å². The lowest BCUT2D eigenvalue weighted by atomic mass is 9.98. The van der Waals surface area contributed by atoms with Gasteiger partial charge in [0.25, 0.3) is 0 Å². The van der Waals surface area contributed by atoms with Crippen molar-refractivity contribution in [2.75, 3.05) is 0 Å². The number of para-hydroxylation sites is 2. The van der Waals surface area contributed by atoms with Gasteiger partial charge < -0.3 is 9.13 Å². The Bertz CT molecular complexity index is 3560. The summed E-state index contributed by atoms with van der Waals surface area (Å²) in [6, 6.07) is 75.9. The molecule has 0 unspecified atom stereocenters. The zero-order chi connectivity index (χ0) is 38.6. The van der Waals surface area contributed by atoms with E-state index in [0.717, 1.165) is 11.4 Å². The summed E-state index contributed by atoms with van der Waals surface area (Å²) in [7, 11) is 0. The largest absolute Gasteiger partial charge is 0.309 e. The molecule has 0 aliphatic carbocycles. The maximum atomic E-state index is 2.45. The van der Waals surface area contributed by atoms with Crippen LogP contribution in [0.25, 0.3) is 119 Å². The Morgan fingerprint density at radius 1 is 0.271 bits per heavy atom. The maximum absolute atomic E-state index is 2.45. The molecule has 0 N–H and O–H groups in total. The molecule has 3 heteroatoms. The van der Waals surface area contributed by atoms with Gasteiger partial charge in [0.15, 0.2) is 0 Å². The molecule has 274 valence electrons. The fourth-order valence-electron chi connectivity index (χ4n) is 9.89. The van der Waals surface area contributed by atoms with Crippen molar-refractivity contribution in [3.05, 3.63) is 206 Å². The molecule has 0 aliphatic rings. The fraction of sp³-hybridized carbons (Fsp3) is 0. The number of fused-ring (bicyclic) bond motifs is 13. The first-order valence-electron chi connectivity index (χ1n) is 20.3. The summed E-state index contributed by atoms with van der Waals surface area (Å²) in [6.45, 7) is 0. The predicted octanol–water partition coefficient (Wildman–Crippen LogP) is 15.9. The van der Waals surface area contributed by atoms with E-state index in [1.54, 1.807) is 0 Å². The number of rotatable bonds is 4. The molecule has 0 saturated heterocycles. The normalized spacial score (nSPS) is 12.1. The van der Waals surface area contributed by atoms with E-state index in [9.17, 15) is 0 Å². The number of nitrogens with zero attached hydrogens (tertiary/aromatic N) is 2. The summed E-state index contributed by atoms with van der Waals surface area (Å²) >= 11 is 1.94. The number of thiophene rings is 1. The fourth-order valence-corrected chi connectivity index (χ4v) is 11.3. The van der Waals surface area contributed by atoms with Gasteiger partial charge >= 0.3 is 0 Å². The van der Waals surface area contributed by atoms with Crippen molar-refractivity contribution < 1.29 is 0 Å². The second kappa shape index (κ2) is 12.5. The molecule has 10 aromatic carbocycles. The third-order valence-corrected chi connectivity index (χ3v) is 13.8. The summed E-state index contributed by atoms with van der Waals surface area (Å²) in [5.41, 5.74) is 12.2. The molecule has 0 spiro atoms. The lowest BCUT2D eigenvalue weighted by molar-refractivity contribution is 1.18. The highest BCUT2D eigenvalue weighted by Crippen LogP contribution is 2.47. The van der Waals surface area contributed by atoms with Gasteiger partial charge in [0, 0.05) is 53.1 Å². The molecular formula is C56H34N2S. The Labute approximate surface area is 344 Å². The van der Waals surface area contributed by atoms with Crippen LogP contribution in [0.1, 0.15) is 0 Å². The van der Waals surface area contributed by atoms with Crippen molar-refractivity contribution in [2.45, 2.75) is 0 Å². The second-order valence-corrected chi connectivity index (χ2v) is 16.6. The topological polar surface area (TPSA) is 9.86 Å². The van der Waals surface area contributed by atoms with Crippen LogP contribution in [0.3, 0.4) is 0 Å². The molecular weight excluding hydrogens is 733 g/mol. The molecule has 0 radical (unpaired) electrons. The Morgan fingerprint density at radius 2 is 0.661 bits per heavy atom. The molecule has 0 saturated carbocycles. The summed E-state index contributed by atoms with van der Waals surface area (Å²) in [4.78, 5) is 0. The van der Waals surface area contributed by atoms with E-state index >= 15 is 0 Å². The van der Waals surface area contributed by atoms with Crippen molar-refractivity contribution in [1.82, 2.24) is 9.13 Å². The monoisotopic (exact) mass is 766 g/mol. The standard InChI is InChI=1S/C56H34N2S/c1-3-15-41-35(11-1)13-9-19-43(41)37-23-27-39(28-24-37)57-49-21-7-5-17-47(49)53-51(57)33-31-45-46-32-34-52-54(56(46)59-55(45)53)48-18-6-8-22-50(48)58(52)40-29-25-38(26-30-40)44-20-10-14-36-12-2-4-16-42(36)44/h1-34H. The number of hydrogen-bond acceptors (Lipinski definition) is 1. The van der Waals surface area contributed by atoms with E-state index in [1.165, 1.54) is 108 Å². The van der Waals surface area contributed by atoms with Gasteiger partial charge in [-0.1, -0.05) is 158 Å². The van der Waals surface area contributed by atoms with Gasteiger partial charge in [0.1, 0.15) is 0 Å². The third-order valence-electron chi connectivity index (χ3n) is 12.5. The zero-order valence-corrected chi connectivity index (χ0v) is 32.7. The van der Waals surface area contributed by atoms with E-state index < -0.39 is 0 Å². The smallest absolute Gasteiger partial charge is 0.0555 e. The molecule has 0 amide bonds. The minimum Gasteiger partial charge on any atom is -0.309 e. The van der Waals surface area contributed by atoms with E-state index in [0.29, 0.717) is 0 Å². The third kappa shape index (κ3) is 4.74. The average molecular weight is 767 g/mol. The average Bonchev–Trinajstić information content (AvgIpc) is 3.96. The van der Waals surface area contributed by atoms with Crippen LogP contribution in [-0.2, 0) is 0 Å². The molecule has 0 bridgehead atoms. The molecule has 59 heavy (non-hydrogen) atoms. The molecule has 13 aromatic rings. The molecule has 3 aromatic heterocycles. The summed E-state index contributed by atoms with van der Waals surface area (Å²) < 4.78 is 7.57. The van der Waals surface area contributed by atoms with Crippen LogP contribution >= 0.6 is 11.3 Å². The molecule has 0 atom stereocenters. The highest BCUT2D eigenvalue weighted by molar-refractivity contribution is 7.27. The van der Waals surface area contributed by atoms with Crippen LogP contribution in [0, 0.1) is 0 Å². The minimum absolute atomic E-state index is 1.16. The van der Waals surface area contributed by atoms with Gasteiger partial charge in [0.2, 0.25) is 0 Å². The van der Waals surface area contributed by atoms with Crippen LogP contribution in [0.4, 0.5) is 0 Å². The number of aromatic nitrogens is 2. The van der Waals surface area contributed by atoms with Crippen molar-refractivity contribution in [1.29, 1.82) is 0 Å². The molecule has 13 rings (SSSR count). The molecule has 0 aliphatic heterocycles. The number of benzene rings is 10. The predicted molar refractivity (Wildman–Crippen MR) is 254 cm³/mol. The Balaban J connectivity index is 0.991. The minimum atomic E-state index is 1.16. The van der Waals surface area contributed by atoms with Gasteiger partial charge in [-0.2, -0.15) is 0 Å². The van der Waals surface area contributed by atoms with E-state index in [-0.39, 0.29) is 0 Å². The molecule has 3 heterocycles. The van der Waals surface area contributed by atoms with Crippen molar-refractivity contribution in [2.24, 2.45) is 0 Å². The van der Waals surface area contributed by atoms with Gasteiger partial charge in [0.05, 0.1) is 22.1 Å². The van der Waals surface area contributed by atoms with Crippen LogP contribution in [0.5, 0.6) is 0 Å². The lowest BCUT2D eigenvalue weighted by Gasteiger charge is -2.11. The summed E-state index contributed by atoms with van der Waals surface area (Å²) in [5.74, 6) is 0. The highest BCUT2D eigenvalue weighted by Gasteiger charge is 2.21. The first-order chi connectivity index (χ1) is 29.3. The van der Waals surface area contributed by atoms with Gasteiger partial charge in [-0.3, -0.25) is 0 Å². The van der Waals surface area contributed by atoms with Crippen LogP contribution in [0.15, 0.2) is 206 Å². The van der Waals surface area contributed by atoms with Crippen molar-refractivity contribution in [3.63, 3.8) is 0 Å². The summed E-state index contributed by atoms with van der Waals surface area (Å²) in [6.07, 6.45) is 0. The van der Waals surface area contributed by atoms with Gasteiger partial charge in [-0.05, 0) is 92.3 Å². The van der Waals surface area contributed by atoms with Gasteiger partial charge in [-0.15, -0.1) is 11.3 Å². The summed E-state index contributed by atoms with van der Waals surface area (Å²) in [5, 5.41) is 12.9. The quantitative estimate of drug-likeness (QED) is 0.169. The van der Waals surface area contributed by atoms with Gasteiger partial charge in [-0.25, -0.2) is 0 Å².